The number of carbonyl (C=O) groups excluding carboxylic acids is 1. The second-order valence-corrected chi connectivity index (χ2v) is 12.1. The van der Waals surface area contributed by atoms with Crippen LogP contribution in [0.1, 0.15) is 50.5 Å². The lowest BCUT2D eigenvalue weighted by atomic mass is 10.1. The highest BCUT2D eigenvalue weighted by Gasteiger charge is 2.39. The fourth-order valence-corrected chi connectivity index (χ4v) is 3.02. The van der Waals surface area contributed by atoms with Crippen molar-refractivity contribution in [3.05, 3.63) is 29.3 Å². The Balaban J connectivity index is 3.25. The summed E-state index contributed by atoms with van der Waals surface area (Å²) in [5, 5.41) is 0.103. The molecule has 0 fully saturated rings. The molecule has 0 radical (unpaired) electrons. The summed E-state index contributed by atoms with van der Waals surface area (Å²) in [6.07, 6.45) is 0. The molecule has 4 heteroatoms. The van der Waals surface area contributed by atoms with Crippen LogP contribution in [0.25, 0.3) is 0 Å². The molecule has 0 aliphatic rings. The van der Waals surface area contributed by atoms with Crippen molar-refractivity contribution in [2.45, 2.75) is 59.7 Å². The molecule has 0 aromatic heterocycles. The number of benzene rings is 1. The van der Waals surface area contributed by atoms with Crippen molar-refractivity contribution < 1.29 is 9.22 Å². The Morgan fingerprint density at radius 1 is 1.18 bits per heavy atom. The molecule has 0 heterocycles. The van der Waals surface area contributed by atoms with Gasteiger partial charge in [0.15, 0.2) is 0 Å². The van der Waals surface area contributed by atoms with Gasteiger partial charge in [-0.1, -0.05) is 26.8 Å². The van der Waals surface area contributed by atoms with Crippen molar-refractivity contribution >= 4 is 14.2 Å². The minimum atomic E-state index is -1.97. The standard InChI is InChI=1S/C18H31NO2Si/c1-9-19(10-2)17(20)15-12-11-14(3)13-16(15)21-22(7,8)18(4,5)6/h11-13H,9-10H2,1-8H3. The van der Waals surface area contributed by atoms with Crippen molar-refractivity contribution in [1.29, 1.82) is 0 Å². The Labute approximate surface area is 136 Å². The number of amides is 1. The highest BCUT2D eigenvalue weighted by Crippen LogP contribution is 2.38. The summed E-state index contributed by atoms with van der Waals surface area (Å²) in [5.74, 6) is 0.794. The van der Waals surface area contributed by atoms with Gasteiger partial charge in [-0.3, -0.25) is 4.79 Å². The first kappa shape index (κ1) is 18.8. The average molecular weight is 322 g/mol. The summed E-state index contributed by atoms with van der Waals surface area (Å²) in [4.78, 5) is 14.6. The van der Waals surface area contributed by atoms with Crippen molar-refractivity contribution in [1.82, 2.24) is 4.90 Å². The van der Waals surface area contributed by atoms with Gasteiger partial charge in [0.2, 0.25) is 0 Å². The van der Waals surface area contributed by atoms with Crippen LogP contribution in [0.4, 0.5) is 0 Å². The Morgan fingerprint density at radius 3 is 2.18 bits per heavy atom. The zero-order valence-corrected chi connectivity index (χ0v) is 16.4. The van der Waals surface area contributed by atoms with Crippen LogP contribution in [0.3, 0.4) is 0 Å². The summed E-state index contributed by atoms with van der Waals surface area (Å²) < 4.78 is 6.43. The van der Waals surface area contributed by atoms with Crippen molar-refractivity contribution in [2.75, 3.05) is 13.1 Å². The zero-order chi connectivity index (χ0) is 17.1. The predicted molar refractivity (Wildman–Crippen MR) is 96.3 cm³/mol. The van der Waals surface area contributed by atoms with E-state index in [0.29, 0.717) is 18.7 Å². The maximum atomic E-state index is 12.7. The Kier molecular flexibility index (Phi) is 5.85. The largest absolute Gasteiger partial charge is 0.543 e. The minimum Gasteiger partial charge on any atom is -0.543 e. The Morgan fingerprint density at radius 2 is 1.73 bits per heavy atom. The number of nitrogens with zero attached hydrogens (tertiary/aromatic N) is 1. The summed E-state index contributed by atoms with van der Waals surface area (Å²) in [7, 11) is -1.97. The van der Waals surface area contributed by atoms with E-state index in [2.05, 4.69) is 33.9 Å². The van der Waals surface area contributed by atoms with Gasteiger partial charge in [0.25, 0.3) is 14.2 Å². The smallest absolute Gasteiger partial charge is 0.257 e. The quantitative estimate of drug-likeness (QED) is 0.725. The minimum absolute atomic E-state index is 0.0544. The number of aryl methyl sites for hydroxylation is 1. The number of carbonyl (C=O) groups is 1. The van der Waals surface area contributed by atoms with Crippen LogP contribution in [0.2, 0.25) is 18.1 Å². The number of rotatable bonds is 5. The molecule has 0 saturated heterocycles. The average Bonchev–Trinajstić information content (AvgIpc) is 2.38. The molecule has 1 rings (SSSR count). The van der Waals surface area contributed by atoms with E-state index < -0.39 is 8.32 Å². The maximum Gasteiger partial charge on any atom is 0.257 e. The van der Waals surface area contributed by atoms with E-state index in [9.17, 15) is 4.79 Å². The summed E-state index contributed by atoms with van der Waals surface area (Å²) in [5.41, 5.74) is 1.80. The van der Waals surface area contributed by atoms with Crippen LogP contribution in [0.5, 0.6) is 5.75 Å². The topological polar surface area (TPSA) is 29.5 Å². The molecule has 0 aliphatic carbocycles. The van der Waals surface area contributed by atoms with Crippen LogP contribution in [-0.4, -0.2) is 32.2 Å². The van der Waals surface area contributed by atoms with E-state index in [0.717, 1.165) is 11.3 Å². The predicted octanol–water partition coefficient (Wildman–Crippen LogP) is 4.86. The first-order chi connectivity index (χ1) is 10.0. The maximum absolute atomic E-state index is 12.7. The molecule has 0 N–H and O–H groups in total. The molecule has 124 valence electrons. The number of hydrogen-bond acceptors (Lipinski definition) is 2. The molecule has 1 amide bonds. The van der Waals surface area contributed by atoms with Gasteiger partial charge in [0.05, 0.1) is 5.56 Å². The molecule has 0 atom stereocenters. The summed E-state index contributed by atoms with van der Waals surface area (Å²) in [6.45, 7) is 18.5. The highest BCUT2D eigenvalue weighted by molar-refractivity contribution is 6.74. The third-order valence-corrected chi connectivity index (χ3v) is 8.93. The van der Waals surface area contributed by atoms with E-state index in [1.54, 1.807) is 0 Å². The van der Waals surface area contributed by atoms with Crippen LogP contribution in [-0.2, 0) is 0 Å². The van der Waals surface area contributed by atoms with Crippen molar-refractivity contribution in [2.24, 2.45) is 0 Å². The van der Waals surface area contributed by atoms with Gasteiger partial charge in [0.1, 0.15) is 5.75 Å². The second kappa shape index (κ2) is 6.86. The molecular weight excluding hydrogens is 290 g/mol. The van der Waals surface area contributed by atoms with Crippen LogP contribution < -0.4 is 4.43 Å². The van der Waals surface area contributed by atoms with Gasteiger partial charge in [-0.15, -0.1) is 0 Å². The van der Waals surface area contributed by atoms with Gasteiger partial charge in [0, 0.05) is 13.1 Å². The van der Waals surface area contributed by atoms with Gasteiger partial charge >= 0.3 is 0 Å². The highest BCUT2D eigenvalue weighted by atomic mass is 28.4. The Hall–Kier alpha value is -1.29. The van der Waals surface area contributed by atoms with Crippen molar-refractivity contribution in [3.8, 4) is 5.75 Å². The van der Waals surface area contributed by atoms with Gasteiger partial charge < -0.3 is 9.33 Å². The van der Waals surface area contributed by atoms with Gasteiger partial charge in [-0.05, 0) is 56.6 Å². The molecule has 0 unspecified atom stereocenters. The Bertz CT molecular complexity index is 528. The lowest BCUT2D eigenvalue weighted by molar-refractivity contribution is 0.0771. The van der Waals surface area contributed by atoms with Crippen molar-refractivity contribution in [3.63, 3.8) is 0 Å². The van der Waals surface area contributed by atoms with E-state index >= 15 is 0 Å². The zero-order valence-electron chi connectivity index (χ0n) is 15.4. The SMILES string of the molecule is CCN(CC)C(=O)c1ccc(C)cc1O[Si](C)(C)C(C)(C)C. The monoisotopic (exact) mass is 321 g/mol. The van der Waals surface area contributed by atoms with Crippen LogP contribution >= 0.6 is 0 Å². The molecule has 1 aromatic carbocycles. The molecule has 1 aromatic rings. The molecule has 0 saturated carbocycles. The second-order valence-electron chi connectivity index (χ2n) is 7.34. The van der Waals surface area contributed by atoms with E-state index in [4.69, 9.17) is 4.43 Å². The summed E-state index contributed by atoms with van der Waals surface area (Å²) >= 11 is 0. The fourth-order valence-electron chi connectivity index (χ4n) is 2.00. The van der Waals surface area contributed by atoms with Gasteiger partial charge in [-0.2, -0.15) is 0 Å². The third-order valence-electron chi connectivity index (χ3n) is 4.59. The van der Waals surface area contributed by atoms with Crippen LogP contribution in [0, 0.1) is 6.92 Å². The molecule has 0 bridgehead atoms. The fraction of sp³-hybridized carbons (Fsp3) is 0.611. The summed E-state index contributed by atoms with van der Waals surface area (Å²) in [6, 6.07) is 5.88. The van der Waals surface area contributed by atoms with Gasteiger partial charge in [-0.25, -0.2) is 0 Å². The van der Waals surface area contributed by atoms with Crippen LogP contribution in [0.15, 0.2) is 18.2 Å². The normalized spacial score (nSPS) is 12.2. The third kappa shape index (κ3) is 4.13. The first-order valence-electron chi connectivity index (χ1n) is 8.12. The first-order valence-corrected chi connectivity index (χ1v) is 11.0. The number of hydrogen-bond donors (Lipinski definition) is 0. The lowest BCUT2D eigenvalue weighted by Gasteiger charge is -2.37. The molecule has 22 heavy (non-hydrogen) atoms. The van der Waals surface area contributed by atoms with E-state index in [1.165, 1.54) is 0 Å². The van der Waals surface area contributed by atoms with E-state index in [-0.39, 0.29) is 10.9 Å². The molecule has 0 spiro atoms. The van der Waals surface area contributed by atoms with E-state index in [1.807, 2.05) is 43.9 Å². The molecular formula is C18H31NO2Si. The molecule has 0 aliphatic heterocycles. The lowest BCUT2D eigenvalue weighted by Crippen LogP contribution is -2.44. The molecule has 3 nitrogen and oxygen atoms in total.